The normalized spacial score (nSPS) is 12.1. The zero-order valence-electron chi connectivity index (χ0n) is 10.9. The summed E-state index contributed by atoms with van der Waals surface area (Å²) in [6.07, 6.45) is 2.30. The number of nitrogens with two attached hydrogens (primary N) is 1. The van der Waals surface area contributed by atoms with Gasteiger partial charge in [-0.3, -0.25) is 14.9 Å². The molecule has 0 aromatic heterocycles. The minimum Gasteiger partial charge on any atom is -0.481 e. The molecule has 1 unspecified atom stereocenters. The van der Waals surface area contributed by atoms with Crippen LogP contribution in [-0.4, -0.2) is 22.5 Å². The van der Waals surface area contributed by atoms with Crippen molar-refractivity contribution in [1.82, 2.24) is 0 Å². The number of halogens is 1. The molecule has 1 aromatic rings. The number of benzene rings is 1. The second-order valence-electron chi connectivity index (χ2n) is 4.53. The van der Waals surface area contributed by atoms with E-state index >= 15 is 0 Å². The van der Waals surface area contributed by atoms with E-state index in [4.69, 9.17) is 5.73 Å². The molecule has 0 fully saturated rings. The maximum atomic E-state index is 11.2. The van der Waals surface area contributed by atoms with Gasteiger partial charge in [-0.1, -0.05) is 18.6 Å². The third-order valence-electron chi connectivity index (χ3n) is 3.08. The average Bonchev–Trinajstić information content (AvgIpc) is 2.39. The van der Waals surface area contributed by atoms with Gasteiger partial charge in [0.15, 0.2) is 0 Å². The lowest BCUT2D eigenvalue weighted by atomic mass is 9.94. The molecule has 7 heteroatoms. The molecule has 1 aromatic carbocycles. The highest BCUT2D eigenvalue weighted by atomic mass is 79.9. The number of hydrogen-bond donors (Lipinski definition) is 2. The molecule has 0 radical (unpaired) electrons. The van der Waals surface area contributed by atoms with Crippen molar-refractivity contribution in [2.45, 2.75) is 25.7 Å². The molecule has 0 heterocycles. The van der Waals surface area contributed by atoms with Crippen molar-refractivity contribution in [3.05, 3.63) is 38.3 Å². The summed E-state index contributed by atoms with van der Waals surface area (Å²) in [4.78, 5) is 21.6. The minimum absolute atomic E-state index is 0.0476. The lowest BCUT2D eigenvalue weighted by molar-refractivity contribution is -0.385. The zero-order chi connectivity index (χ0) is 15.1. The van der Waals surface area contributed by atoms with E-state index in [-0.39, 0.29) is 12.1 Å². The monoisotopic (exact) mass is 344 g/mol. The van der Waals surface area contributed by atoms with Crippen LogP contribution in [0.25, 0.3) is 0 Å². The zero-order valence-corrected chi connectivity index (χ0v) is 12.5. The van der Waals surface area contributed by atoms with Crippen molar-refractivity contribution in [3.63, 3.8) is 0 Å². The smallest absolute Gasteiger partial charge is 0.306 e. The van der Waals surface area contributed by atoms with Crippen LogP contribution in [0.1, 0.15) is 24.8 Å². The number of carboxylic acids is 1. The topological polar surface area (TPSA) is 106 Å². The maximum Gasteiger partial charge on any atom is 0.306 e. The van der Waals surface area contributed by atoms with Crippen LogP contribution in [0.5, 0.6) is 0 Å². The number of rotatable bonds is 8. The van der Waals surface area contributed by atoms with Crippen LogP contribution in [0, 0.1) is 16.0 Å². The molecule has 1 atom stereocenters. The van der Waals surface area contributed by atoms with Gasteiger partial charge in [0.1, 0.15) is 0 Å². The minimum atomic E-state index is -0.888. The summed E-state index contributed by atoms with van der Waals surface area (Å²) in [5, 5.41) is 20.1. The van der Waals surface area contributed by atoms with E-state index in [0.29, 0.717) is 23.0 Å². The van der Waals surface area contributed by atoms with Crippen molar-refractivity contribution < 1.29 is 14.8 Å². The lowest BCUT2D eigenvalue weighted by Gasteiger charge is -2.13. The van der Waals surface area contributed by atoms with Gasteiger partial charge < -0.3 is 10.8 Å². The number of carboxylic acid groups (broad SMARTS) is 1. The van der Waals surface area contributed by atoms with Crippen molar-refractivity contribution in [2.24, 2.45) is 11.7 Å². The van der Waals surface area contributed by atoms with Gasteiger partial charge in [-0.15, -0.1) is 0 Å². The molecular formula is C13H17BrN2O4. The molecule has 3 N–H and O–H groups in total. The predicted octanol–water partition coefficient (Wildman–Crippen LogP) is 2.73. The SMILES string of the molecule is NCCCCC(Cc1cccc([N+](=O)[O-])c1Br)C(=O)O. The number of nitro groups is 1. The Morgan fingerprint density at radius 2 is 2.15 bits per heavy atom. The van der Waals surface area contributed by atoms with Crippen LogP contribution in [0.3, 0.4) is 0 Å². The van der Waals surface area contributed by atoms with Gasteiger partial charge in [0, 0.05) is 6.07 Å². The molecule has 6 nitrogen and oxygen atoms in total. The molecule has 0 aliphatic heterocycles. The van der Waals surface area contributed by atoms with E-state index in [1.54, 1.807) is 12.1 Å². The van der Waals surface area contributed by atoms with Gasteiger partial charge in [0.25, 0.3) is 5.69 Å². The second kappa shape index (κ2) is 7.96. The molecular weight excluding hydrogens is 328 g/mol. The Balaban J connectivity index is 2.86. The fraction of sp³-hybridized carbons (Fsp3) is 0.462. The molecule has 0 aliphatic carbocycles. The molecule has 0 saturated heterocycles. The number of nitro benzene ring substituents is 1. The van der Waals surface area contributed by atoms with Crippen LogP contribution in [-0.2, 0) is 11.2 Å². The Labute approximate surface area is 125 Å². The van der Waals surface area contributed by atoms with Gasteiger partial charge in [-0.2, -0.15) is 0 Å². The number of unbranched alkanes of at least 4 members (excludes halogenated alkanes) is 1. The van der Waals surface area contributed by atoms with Gasteiger partial charge in [0.05, 0.1) is 15.3 Å². The van der Waals surface area contributed by atoms with Crippen molar-refractivity contribution in [1.29, 1.82) is 0 Å². The molecule has 0 bridgehead atoms. The largest absolute Gasteiger partial charge is 0.481 e. The quantitative estimate of drug-likeness (QED) is 0.428. The van der Waals surface area contributed by atoms with Crippen molar-refractivity contribution in [3.8, 4) is 0 Å². The number of hydrogen-bond acceptors (Lipinski definition) is 4. The third kappa shape index (κ3) is 4.57. The third-order valence-corrected chi connectivity index (χ3v) is 3.99. The molecule has 20 heavy (non-hydrogen) atoms. The highest BCUT2D eigenvalue weighted by Crippen LogP contribution is 2.30. The maximum absolute atomic E-state index is 11.2. The van der Waals surface area contributed by atoms with Gasteiger partial charge in [0.2, 0.25) is 0 Å². The van der Waals surface area contributed by atoms with E-state index in [9.17, 15) is 20.0 Å². The number of carbonyl (C=O) groups is 1. The number of aliphatic carboxylic acids is 1. The lowest BCUT2D eigenvalue weighted by Crippen LogP contribution is -2.17. The van der Waals surface area contributed by atoms with E-state index in [1.165, 1.54) is 6.07 Å². The van der Waals surface area contributed by atoms with Gasteiger partial charge >= 0.3 is 5.97 Å². The summed E-state index contributed by atoms with van der Waals surface area (Å²) >= 11 is 3.19. The Morgan fingerprint density at radius 1 is 1.45 bits per heavy atom. The first-order chi connectivity index (χ1) is 9.47. The van der Waals surface area contributed by atoms with Crippen LogP contribution in [0.4, 0.5) is 5.69 Å². The first kappa shape index (κ1) is 16.6. The Kier molecular flexibility index (Phi) is 6.60. The highest BCUT2D eigenvalue weighted by molar-refractivity contribution is 9.10. The van der Waals surface area contributed by atoms with Crippen LogP contribution in [0.2, 0.25) is 0 Å². The molecule has 0 spiro atoms. The van der Waals surface area contributed by atoms with E-state index in [0.717, 1.165) is 12.8 Å². The highest BCUT2D eigenvalue weighted by Gasteiger charge is 2.22. The summed E-state index contributed by atoms with van der Waals surface area (Å²) in [6, 6.07) is 4.66. The number of nitrogens with zero attached hydrogens (tertiary/aromatic N) is 1. The molecule has 1 rings (SSSR count). The van der Waals surface area contributed by atoms with Crippen LogP contribution in [0.15, 0.2) is 22.7 Å². The predicted molar refractivity (Wildman–Crippen MR) is 78.5 cm³/mol. The summed E-state index contributed by atoms with van der Waals surface area (Å²) < 4.78 is 0.357. The van der Waals surface area contributed by atoms with Crippen LogP contribution >= 0.6 is 15.9 Å². The summed E-state index contributed by atoms with van der Waals surface area (Å²) in [7, 11) is 0. The Hall–Kier alpha value is -1.47. The Morgan fingerprint density at radius 3 is 2.70 bits per heavy atom. The first-order valence-corrected chi connectivity index (χ1v) is 7.11. The fourth-order valence-electron chi connectivity index (χ4n) is 1.98. The molecule has 110 valence electrons. The van der Waals surface area contributed by atoms with E-state index in [1.807, 2.05) is 0 Å². The summed E-state index contributed by atoms with van der Waals surface area (Å²) in [5.74, 6) is -1.44. The van der Waals surface area contributed by atoms with Crippen molar-refractivity contribution >= 4 is 27.6 Å². The van der Waals surface area contributed by atoms with Gasteiger partial charge in [-0.25, -0.2) is 0 Å². The fourth-order valence-corrected chi connectivity index (χ4v) is 2.55. The van der Waals surface area contributed by atoms with E-state index < -0.39 is 16.8 Å². The molecule has 0 saturated carbocycles. The van der Waals surface area contributed by atoms with Gasteiger partial charge in [-0.05, 0) is 47.3 Å². The van der Waals surface area contributed by atoms with E-state index in [2.05, 4.69) is 15.9 Å². The standard InChI is InChI=1S/C13H17BrN2O4/c14-12-9(5-3-6-11(12)16(19)20)8-10(13(17)18)4-1-2-7-15/h3,5-6,10H,1-2,4,7-8,15H2,(H,17,18). The first-order valence-electron chi connectivity index (χ1n) is 6.32. The average molecular weight is 345 g/mol. The molecule has 0 aliphatic rings. The summed E-state index contributed by atoms with van der Waals surface area (Å²) in [6.45, 7) is 0.535. The summed E-state index contributed by atoms with van der Waals surface area (Å²) in [5.41, 5.74) is 5.98. The second-order valence-corrected chi connectivity index (χ2v) is 5.32. The molecule has 0 amide bonds. The van der Waals surface area contributed by atoms with Crippen LogP contribution < -0.4 is 5.73 Å². The van der Waals surface area contributed by atoms with Crippen molar-refractivity contribution in [2.75, 3.05) is 6.54 Å². The Bertz CT molecular complexity index is 493.